The van der Waals surface area contributed by atoms with Gasteiger partial charge in [0, 0.05) is 11.1 Å². The number of anilines is 1. The molecule has 0 bridgehead atoms. The number of ether oxygens (including phenoxy) is 1. The minimum absolute atomic E-state index is 0.370. The van der Waals surface area contributed by atoms with Crippen molar-refractivity contribution >= 4 is 39.1 Å². The zero-order chi connectivity index (χ0) is 22.0. The van der Waals surface area contributed by atoms with Gasteiger partial charge in [-0.3, -0.25) is 4.79 Å². The van der Waals surface area contributed by atoms with E-state index in [9.17, 15) is 9.59 Å². The predicted octanol–water partition coefficient (Wildman–Crippen LogP) is 5.14. The number of aryl methyl sites for hydroxylation is 2. The number of rotatable bonds is 6. The highest BCUT2D eigenvalue weighted by atomic mass is 32.1. The number of thiophene rings is 1. The first-order chi connectivity index (χ1) is 15.0. The number of nitrogens with one attached hydrogen (secondary N) is 1. The molecule has 2 aromatic carbocycles. The minimum atomic E-state index is -0.921. The number of esters is 1. The van der Waals surface area contributed by atoms with Crippen molar-refractivity contribution in [3.63, 3.8) is 0 Å². The van der Waals surface area contributed by atoms with Gasteiger partial charge in [0.2, 0.25) is 0 Å². The second-order valence-corrected chi connectivity index (χ2v) is 8.28. The van der Waals surface area contributed by atoms with Gasteiger partial charge in [0.1, 0.15) is 9.71 Å². The lowest BCUT2D eigenvalue weighted by molar-refractivity contribution is -0.123. The fourth-order valence-corrected chi connectivity index (χ4v) is 4.30. The highest BCUT2D eigenvalue weighted by molar-refractivity contribution is 7.20. The van der Waals surface area contributed by atoms with E-state index >= 15 is 0 Å². The van der Waals surface area contributed by atoms with E-state index in [4.69, 9.17) is 4.74 Å². The van der Waals surface area contributed by atoms with Gasteiger partial charge >= 0.3 is 5.97 Å². The molecule has 0 spiro atoms. The standard InChI is InChI=1S/C24H23N3O3S/c1-4-17-10-12-18(13-11-17)25-22(28)16(3)30-24(29)21-14-20-15(2)26-27(23(20)31-21)19-8-6-5-7-9-19/h5-14,16H,4H2,1-3H3,(H,25,28). The van der Waals surface area contributed by atoms with Gasteiger partial charge in [-0.15, -0.1) is 11.3 Å². The van der Waals surface area contributed by atoms with Gasteiger partial charge in [0.25, 0.3) is 5.91 Å². The van der Waals surface area contributed by atoms with E-state index < -0.39 is 12.1 Å². The number of hydrogen-bond donors (Lipinski definition) is 1. The number of aromatic nitrogens is 2. The van der Waals surface area contributed by atoms with Gasteiger partial charge in [-0.1, -0.05) is 37.3 Å². The smallest absolute Gasteiger partial charge is 0.349 e. The molecule has 2 aromatic heterocycles. The Morgan fingerprint density at radius 2 is 1.84 bits per heavy atom. The summed E-state index contributed by atoms with van der Waals surface area (Å²) in [6, 6.07) is 19.1. The summed E-state index contributed by atoms with van der Waals surface area (Å²) in [6.45, 7) is 5.55. The number of benzene rings is 2. The summed E-state index contributed by atoms with van der Waals surface area (Å²) in [7, 11) is 0. The minimum Gasteiger partial charge on any atom is -0.448 e. The molecule has 6 nitrogen and oxygen atoms in total. The lowest BCUT2D eigenvalue weighted by Gasteiger charge is -2.13. The number of amides is 1. The maximum Gasteiger partial charge on any atom is 0.349 e. The first kappa shape index (κ1) is 20.8. The highest BCUT2D eigenvalue weighted by Gasteiger charge is 2.22. The molecular weight excluding hydrogens is 410 g/mol. The lowest BCUT2D eigenvalue weighted by atomic mass is 10.1. The van der Waals surface area contributed by atoms with Crippen molar-refractivity contribution in [2.24, 2.45) is 0 Å². The van der Waals surface area contributed by atoms with E-state index in [0.29, 0.717) is 10.6 Å². The molecule has 0 saturated heterocycles. The summed E-state index contributed by atoms with van der Waals surface area (Å²) in [5.74, 6) is -0.894. The molecule has 0 fully saturated rings. The van der Waals surface area contributed by atoms with Crippen molar-refractivity contribution < 1.29 is 14.3 Å². The third-order valence-electron chi connectivity index (χ3n) is 5.03. The number of carbonyl (C=O) groups excluding carboxylic acids is 2. The van der Waals surface area contributed by atoms with Crippen LogP contribution in [0.5, 0.6) is 0 Å². The summed E-state index contributed by atoms with van der Waals surface area (Å²) in [4.78, 5) is 26.5. The number of hydrogen-bond acceptors (Lipinski definition) is 5. The van der Waals surface area contributed by atoms with Crippen LogP contribution < -0.4 is 5.32 Å². The topological polar surface area (TPSA) is 73.2 Å². The quantitative estimate of drug-likeness (QED) is 0.427. The molecule has 7 heteroatoms. The average Bonchev–Trinajstić information content (AvgIpc) is 3.35. The lowest BCUT2D eigenvalue weighted by Crippen LogP contribution is -2.29. The Bertz CT molecular complexity index is 1230. The summed E-state index contributed by atoms with van der Waals surface area (Å²) in [5.41, 5.74) is 3.61. The molecule has 0 aliphatic rings. The van der Waals surface area contributed by atoms with Crippen LogP contribution in [0.1, 0.15) is 34.8 Å². The van der Waals surface area contributed by atoms with Crippen LogP contribution in [0.2, 0.25) is 0 Å². The van der Waals surface area contributed by atoms with Crippen LogP contribution in [-0.2, 0) is 16.0 Å². The van der Waals surface area contributed by atoms with Crippen LogP contribution in [0.25, 0.3) is 15.9 Å². The van der Waals surface area contributed by atoms with Crippen LogP contribution in [-0.4, -0.2) is 27.8 Å². The van der Waals surface area contributed by atoms with Crippen molar-refractivity contribution in [1.82, 2.24) is 9.78 Å². The van der Waals surface area contributed by atoms with Crippen LogP contribution in [0.3, 0.4) is 0 Å². The molecular formula is C24H23N3O3S. The van der Waals surface area contributed by atoms with Crippen molar-refractivity contribution in [2.45, 2.75) is 33.3 Å². The Labute approximate surface area is 184 Å². The van der Waals surface area contributed by atoms with E-state index in [1.807, 2.05) is 66.2 Å². The second kappa shape index (κ2) is 8.73. The first-order valence-corrected chi connectivity index (χ1v) is 10.9. The molecule has 0 radical (unpaired) electrons. The molecule has 1 unspecified atom stereocenters. The molecule has 31 heavy (non-hydrogen) atoms. The third-order valence-corrected chi connectivity index (χ3v) is 6.12. The van der Waals surface area contributed by atoms with Gasteiger partial charge in [-0.25, -0.2) is 9.48 Å². The van der Waals surface area contributed by atoms with Gasteiger partial charge in [0.05, 0.1) is 11.4 Å². The van der Waals surface area contributed by atoms with E-state index in [0.717, 1.165) is 28.0 Å². The SMILES string of the molecule is CCc1ccc(NC(=O)C(C)OC(=O)c2cc3c(C)nn(-c4ccccc4)c3s2)cc1. The first-order valence-electron chi connectivity index (χ1n) is 10.1. The van der Waals surface area contributed by atoms with Gasteiger partial charge in [-0.2, -0.15) is 5.10 Å². The number of fused-ring (bicyclic) bond motifs is 1. The molecule has 0 aliphatic heterocycles. The number of para-hydroxylation sites is 1. The zero-order valence-electron chi connectivity index (χ0n) is 17.6. The Morgan fingerprint density at radius 3 is 2.52 bits per heavy atom. The molecule has 4 aromatic rings. The van der Waals surface area contributed by atoms with Crippen LogP contribution >= 0.6 is 11.3 Å². The van der Waals surface area contributed by atoms with E-state index in [2.05, 4.69) is 17.3 Å². The number of carbonyl (C=O) groups is 2. The van der Waals surface area contributed by atoms with Crippen molar-refractivity contribution in [3.8, 4) is 5.69 Å². The van der Waals surface area contributed by atoms with E-state index in [1.165, 1.54) is 16.9 Å². The maximum absolute atomic E-state index is 12.7. The van der Waals surface area contributed by atoms with Crippen LogP contribution in [0.4, 0.5) is 5.69 Å². The molecule has 2 heterocycles. The predicted molar refractivity (Wildman–Crippen MR) is 123 cm³/mol. The molecule has 1 atom stereocenters. The second-order valence-electron chi connectivity index (χ2n) is 7.25. The fraction of sp³-hybridized carbons (Fsp3) is 0.208. The fourth-order valence-electron chi connectivity index (χ4n) is 3.23. The van der Waals surface area contributed by atoms with Gasteiger partial charge < -0.3 is 10.1 Å². The normalized spacial score (nSPS) is 12.0. The maximum atomic E-state index is 12.7. The molecule has 0 aliphatic carbocycles. The Morgan fingerprint density at radius 1 is 1.13 bits per heavy atom. The zero-order valence-corrected chi connectivity index (χ0v) is 18.4. The van der Waals surface area contributed by atoms with E-state index in [1.54, 1.807) is 13.0 Å². The Hall–Kier alpha value is -3.45. The summed E-state index contributed by atoms with van der Waals surface area (Å²) < 4.78 is 7.25. The molecule has 0 saturated carbocycles. The average molecular weight is 434 g/mol. The summed E-state index contributed by atoms with van der Waals surface area (Å²) >= 11 is 1.30. The van der Waals surface area contributed by atoms with Gasteiger partial charge in [-0.05, 0) is 56.2 Å². The van der Waals surface area contributed by atoms with Crippen LogP contribution in [0.15, 0.2) is 60.7 Å². The largest absolute Gasteiger partial charge is 0.448 e. The highest BCUT2D eigenvalue weighted by Crippen LogP contribution is 2.31. The monoisotopic (exact) mass is 433 g/mol. The van der Waals surface area contributed by atoms with Gasteiger partial charge in [0.15, 0.2) is 6.10 Å². The molecule has 1 N–H and O–H groups in total. The van der Waals surface area contributed by atoms with E-state index in [-0.39, 0.29) is 5.91 Å². The molecule has 4 rings (SSSR count). The third kappa shape index (κ3) is 4.36. The van der Waals surface area contributed by atoms with Crippen LogP contribution in [0, 0.1) is 6.92 Å². The van der Waals surface area contributed by atoms with Crippen molar-refractivity contribution in [3.05, 3.63) is 76.8 Å². The Kier molecular flexibility index (Phi) is 5.86. The number of nitrogens with zero attached hydrogens (tertiary/aromatic N) is 2. The van der Waals surface area contributed by atoms with Crippen molar-refractivity contribution in [1.29, 1.82) is 0 Å². The molecule has 158 valence electrons. The van der Waals surface area contributed by atoms with Crippen molar-refractivity contribution in [2.75, 3.05) is 5.32 Å². The molecule has 1 amide bonds. The summed E-state index contributed by atoms with van der Waals surface area (Å²) in [6.07, 6.45) is 0.00845. The Balaban J connectivity index is 1.48. The summed E-state index contributed by atoms with van der Waals surface area (Å²) in [5, 5.41) is 8.26.